The Bertz CT molecular complexity index is 917. The lowest BCUT2D eigenvalue weighted by Crippen LogP contribution is -2.35. The van der Waals surface area contributed by atoms with Gasteiger partial charge >= 0.3 is 0 Å². The molecule has 7 heteroatoms. The fourth-order valence-corrected chi connectivity index (χ4v) is 4.89. The Kier molecular flexibility index (Phi) is 5.77. The van der Waals surface area contributed by atoms with Crippen molar-refractivity contribution in [3.63, 3.8) is 0 Å². The first-order valence-electron chi connectivity index (χ1n) is 8.26. The van der Waals surface area contributed by atoms with Gasteiger partial charge in [0.1, 0.15) is 0 Å². The highest BCUT2D eigenvalue weighted by molar-refractivity contribution is 7.16. The summed E-state index contributed by atoms with van der Waals surface area (Å²) >= 11 is 3.48. The highest BCUT2D eigenvalue weighted by Gasteiger charge is 2.24. The molecule has 3 aromatic rings. The summed E-state index contributed by atoms with van der Waals surface area (Å²) in [5, 5.41) is 3.19. The van der Waals surface area contributed by atoms with E-state index in [0.29, 0.717) is 13.1 Å². The Hall–Kier alpha value is -1.73. The Morgan fingerprint density at radius 1 is 1.31 bits per heavy atom. The number of nitrogens with two attached hydrogens (primary N) is 1. The predicted octanol–water partition coefficient (Wildman–Crippen LogP) is 4.26. The Morgan fingerprint density at radius 2 is 2.08 bits per heavy atom. The molecule has 4 nitrogen and oxygen atoms in total. The van der Waals surface area contributed by atoms with Crippen molar-refractivity contribution in [3.8, 4) is 10.6 Å². The Balaban J connectivity index is 0.00000196. The molecule has 0 spiro atoms. The molecule has 2 aromatic heterocycles. The molecule has 1 aliphatic rings. The third kappa shape index (κ3) is 3.69. The standard InChI is InChI=1S/C19H19N3OS2.ClH/c1-12-21-16(11-24-12)18-8-15-10-22(7-6-17(15)25-18)19(23)14-4-2-13(9-20)3-5-14;/h2-5,8,11H,6-7,9-10,20H2,1H3;1H. The zero-order valence-corrected chi connectivity index (χ0v) is 16.8. The van der Waals surface area contributed by atoms with Crippen LogP contribution in [0.1, 0.15) is 31.4 Å². The first-order valence-corrected chi connectivity index (χ1v) is 9.96. The third-order valence-corrected chi connectivity index (χ3v) is 6.50. The summed E-state index contributed by atoms with van der Waals surface area (Å²) < 4.78 is 0. The lowest BCUT2D eigenvalue weighted by Gasteiger charge is -2.27. The van der Waals surface area contributed by atoms with Crippen LogP contribution in [0.5, 0.6) is 0 Å². The fraction of sp³-hybridized carbons (Fsp3) is 0.263. The average Bonchev–Trinajstić information content (AvgIpc) is 3.26. The van der Waals surface area contributed by atoms with Crippen LogP contribution in [0.3, 0.4) is 0 Å². The molecule has 4 rings (SSSR count). The van der Waals surface area contributed by atoms with Crippen LogP contribution in [0.4, 0.5) is 0 Å². The minimum Gasteiger partial charge on any atom is -0.334 e. The molecule has 0 fully saturated rings. The molecule has 2 N–H and O–H groups in total. The van der Waals surface area contributed by atoms with Gasteiger partial charge in [0.05, 0.1) is 15.6 Å². The summed E-state index contributed by atoms with van der Waals surface area (Å²) in [7, 11) is 0. The van der Waals surface area contributed by atoms with E-state index in [4.69, 9.17) is 5.73 Å². The van der Waals surface area contributed by atoms with Gasteiger partial charge in [-0.3, -0.25) is 4.79 Å². The number of hydrogen-bond donors (Lipinski definition) is 1. The van der Waals surface area contributed by atoms with E-state index in [9.17, 15) is 4.79 Å². The number of thiazole rings is 1. The maximum atomic E-state index is 12.8. The van der Waals surface area contributed by atoms with E-state index < -0.39 is 0 Å². The highest BCUT2D eigenvalue weighted by Crippen LogP contribution is 2.35. The van der Waals surface area contributed by atoms with Gasteiger partial charge in [0.25, 0.3) is 5.91 Å². The van der Waals surface area contributed by atoms with Crippen LogP contribution >= 0.6 is 35.1 Å². The molecule has 0 unspecified atom stereocenters. The number of aromatic nitrogens is 1. The summed E-state index contributed by atoms with van der Waals surface area (Å²) in [6.45, 7) is 3.96. The zero-order chi connectivity index (χ0) is 17.4. The number of halogens is 1. The van der Waals surface area contributed by atoms with Crippen molar-refractivity contribution in [2.24, 2.45) is 5.73 Å². The number of amides is 1. The van der Waals surface area contributed by atoms with Crippen LogP contribution in [0, 0.1) is 6.92 Å². The second-order valence-electron chi connectivity index (χ2n) is 6.19. The van der Waals surface area contributed by atoms with Gasteiger partial charge in [0.2, 0.25) is 0 Å². The van der Waals surface area contributed by atoms with Crippen LogP contribution < -0.4 is 5.73 Å². The van der Waals surface area contributed by atoms with Crippen LogP contribution in [-0.2, 0) is 19.5 Å². The molecule has 0 atom stereocenters. The number of rotatable bonds is 3. The van der Waals surface area contributed by atoms with E-state index in [1.54, 1.807) is 11.3 Å². The molecule has 136 valence electrons. The van der Waals surface area contributed by atoms with Gasteiger partial charge in [0, 0.05) is 35.5 Å². The van der Waals surface area contributed by atoms with E-state index in [0.717, 1.165) is 34.8 Å². The monoisotopic (exact) mass is 405 g/mol. The number of hydrogen-bond acceptors (Lipinski definition) is 5. The summed E-state index contributed by atoms with van der Waals surface area (Å²) in [6.07, 6.45) is 0.912. The predicted molar refractivity (Wildman–Crippen MR) is 110 cm³/mol. The minimum atomic E-state index is 0. The van der Waals surface area contributed by atoms with Crippen LogP contribution in [0.25, 0.3) is 10.6 Å². The topological polar surface area (TPSA) is 59.2 Å². The van der Waals surface area contributed by atoms with Crippen molar-refractivity contribution in [3.05, 3.63) is 62.3 Å². The summed E-state index contributed by atoms with van der Waals surface area (Å²) in [6, 6.07) is 9.80. The number of carbonyl (C=O) groups excluding carboxylic acids is 1. The van der Waals surface area contributed by atoms with Crippen molar-refractivity contribution in [2.45, 2.75) is 26.4 Å². The molecular weight excluding hydrogens is 386 g/mol. The van der Waals surface area contributed by atoms with Gasteiger partial charge in [-0.1, -0.05) is 12.1 Å². The number of benzene rings is 1. The molecule has 0 bridgehead atoms. The molecule has 0 saturated carbocycles. The van der Waals surface area contributed by atoms with Gasteiger partial charge in [-0.15, -0.1) is 35.1 Å². The lowest BCUT2D eigenvalue weighted by molar-refractivity contribution is 0.0736. The number of nitrogens with zero attached hydrogens (tertiary/aromatic N) is 2. The van der Waals surface area contributed by atoms with Crippen LogP contribution in [0.2, 0.25) is 0 Å². The second kappa shape index (κ2) is 7.88. The first-order chi connectivity index (χ1) is 12.1. The van der Waals surface area contributed by atoms with Crippen molar-refractivity contribution in [2.75, 3.05) is 6.54 Å². The van der Waals surface area contributed by atoms with Crippen molar-refractivity contribution < 1.29 is 4.79 Å². The smallest absolute Gasteiger partial charge is 0.254 e. The molecule has 26 heavy (non-hydrogen) atoms. The number of fused-ring (bicyclic) bond motifs is 1. The summed E-state index contributed by atoms with van der Waals surface area (Å²) in [5.74, 6) is 0.0893. The largest absolute Gasteiger partial charge is 0.334 e. The maximum absolute atomic E-state index is 12.8. The molecule has 0 aliphatic carbocycles. The summed E-state index contributed by atoms with van der Waals surface area (Å²) in [5.41, 5.74) is 9.70. The molecule has 1 amide bonds. The molecule has 0 radical (unpaired) electrons. The summed E-state index contributed by atoms with van der Waals surface area (Å²) in [4.78, 5) is 21.9. The lowest BCUT2D eigenvalue weighted by atomic mass is 10.1. The molecular formula is C19H20ClN3OS2. The third-order valence-electron chi connectivity index (χ3n) is 4.46. The zero-order valence-electron chi connectivity index (χ0n) is 14.4. The molecule has 0 saturated heterocycles. The highest BCUT2D eigenvalue weighted by atomic mass is 35.5. The normalized spacial score (nSPS) is 13.2. The van der Waals surface area contributed by atoms with Gasteiger partial charge in [-0.25, -0.2) is 4.98 Å². The van der Waals surface area contributed by atoms with E-state index in [-0.39, 0.29) is 18.3 Å². The Morgan fingerprint density at radius 3 is 2.73 bits per heavy atom. The molecule has 1 aromatic carbocycles. The number of thiophene rings is 1. The number of aryl methyl sites for hydroxylation is 1. The van der Waals surface area contributed by atoms with Gasteiger partial charge in [0.15, 0.2) is 0 Å². The van der Waals surface area contributed by atoms with Gasteiger partial charge in [-0.05, 0) is 42.7 Å². The maximum Gasteiger partial charge on any atom is 0.254 e. The first kappa shape index (κ1) is 19.0. The van der Waals surface area contributed by atoms with Gasteiger partial charge < -0.3 is 10.6 Å². The van der Waals surface area contributed by atoms with E-state index in [2.05, 4.69) is 16.4 Å². The van der Waals surface area contributed by atoms with Crippen LogP contribution in [-0.4, -0.2) is 22.3 Å². The Labute approximate surface area is 167 Å². The van der Waals surface area contributed by atoms with Crippen molar-refractivity contribution in [1.82, 2.24) is 9.88 Å². The quantitative estimate of drug-likeness (QED) is 0.708. The van der Waals surface area contributed by atoms with E-state index >= 15 is 0 Å². The molecule has 3 heterocycles. The fourth-order valence-electron chi connectivity index (χ4n) is 3.08. The van der Waals surface area contributed by atoms with Crippen molar-refractivity contribution in [1.29, 1.82) is 0 Å². The van der Waals surface area contributed by atoms with E-state index in [1.165, 1.54) is 15.3 Å². The van der Waals surface area contributed by atoms with Crippen LogP contribution in [0.15, 0.2) is 35.7 Å². The minimum absolute atomic E-state index is 0. The van der Waals surface area contributed by atoms with E-state index in [1.807, 2.05) is 47.4 Å². The average molecular weight is 406 g/mol. The van der Waals surface area contributed by atoms with Crippen molar-refractivity contribution >= 4 is 41.0 Å². The number of carbonyl (C=O) groups is 1. The van der Waals surface area contributed by atoms with Gasteiger partial charge in [-0.2, -0.15) is 0 Å². The SMILES string of the molecule is Cc1nc(-c2cc3c(s2)CCN(C(=O)c2ccc(CN)cc2)C3)cs1.Cl. The molecule has 1 aliphatic heterocycles. The second-order valence-corrected chi connectivity index (χ2v) is 8.39.